The van der Waals surface area contributed by atoms with Gasteiger partial charge in [-0.3, -0.25) is 4.40 Å². The van der Waals surface area contributed by atoms with Crippen molar-refractivity contribution in [3.8, 4) is 0 Å². The molecule has 1 aliphatic heterocycles. The zero-order chi connectivity index (χ0) is 17.7. The third kappa shape index (κ3) is 2.20. The maximum Gasteiger partial charge on any atom is 0.155 e. The number of aryl methyl sites for hydroxylation is 1. The fourth-order valence-corrected chi connectivity index (χ4v) is 3.95. The number of aromatic nitrogens is 5. The van der Waals surface area contributed by atoms with Crippen molar-refractivity contribution >= 4 is 22.4 Å². The highest BCUT2D eigenvalue weighted by Crippen LogP contribution is 2.34. The topological polar surface area (TPSA) is 71.5 Å². The highest BCUT2D eigenvalue weighted by molar-refractivity contribution is 5.84. The Hall–Kier alpha value is -2.93. The molecule has 0 unspecified atom stereocenters. The van der Waals surface area contributed by atoms with Crippen LogP contribution in [0.2, 0.25) is 0 Å². The first kappa shape index (κ1) is 15.3. The molecule has 0 aliphatic carbocycles. The predicted octanol–water partition coefficient (Wildman–Crippen LogP) is 2.10. The van der Waals surface area contributed by atoms with Crippen LogP contribution in [0.4, 0.5) is 5.82 Å². The second kappa shape index (κ2) is 5.54. The van der Waals surface area contributed by atoms with Crippen molar-refractivity contribution < 1.29 is 5.11 Å². The Labute approximate surface area is 150 Å². The van der Waals surface area contributed by atoms with Gasteiger partial charge in [0.2, 0.25) is 0 Å². The zero-order valence-corrected chi connectivity index (χ0v) is 14.6. The van der Waals surface area contributed by atoms with Crippen LogP contribution in [0.3, 0.4) is 0 Å². The van der Waals surface area contributed by atoms with Crippen LogP contribution in [0.5, 0.6) is 0 Å². The summed E-state index contributed by atoms with van der Waals surface area (Å²) in [6.07, 6.45) is 8.53. The van der Waals surface area contributed by atoms with Gasteiger partial charge in [0.1, 0.15) is 16.9 Å². The molecule has 26 heavy (non-hydrogen) atoms. The summed E-state index contributed by atoms with van der Waals surface area (Å²) in [5.41, 5.74) is 2.09. The molecule has 1 aliphatic rings. The van der Waals surface area contributed by atoms with Crippen LogP contribution >= 0.6 is 0 Å². The van der Waals surface area contributed by atoms with E-state index >= 15 is 0 Å². The van der Waals surface area contributed by atoms with E-state index in [1.54, 1.807) is 6.20 Å². The fraction of sp³-hybridized carbons (Fsp3) is 0.316. The number of hydrogen-bond acceptors (Lipinski definition) is 5. The highest BCUT2D eigenvalue weighted by atomic mass is 16.3. The molecule has 5 rings (SSSR count). The first-order valence-corrected chi connectivity index (χ1v) is 8.82. The minimum atomic E-state index is -0.887. The molecule has 0 radical (unpaired) electrons. The SMILES string of the molecule is Cn1ccnc1C1(O)CCN(c2nc3ccccc3n3cncc23)CC1. The summed E-state index contributed by atoms with van der Waals surface area (Å²) < 4.78 is 3.98. The van der Waals surface area contributed by atoms with E-state index in [0.29, 0.717) is 12.8 Å². The first-order valence-electron chi connectivity index (χ1n) is 8.82. The number of hydrogen-bond donors (Lipinski definition) is 1. The molecular formula is C19H20N6O. The Bertz CT molecular complexity index is 1090. The number of para-hydroxylation sites is 2. The molecule has 3 aromatic heterocycles. The highest BCUT2D eigenvalue weighted by Gasteiger charge is 2.37. The predicted molar refractivity (Wildman–Crippen MR) is 99.0 cm³/mol. The fourth-order valence-electron chi connectivity index (χ4n) is 3.95. The molecule has 132 valence electrons. The van der Waals surface area contributed by atoms with Crippen LogP contribution in [0, 0.1) is 0 Å². The summed E-state index contributed by atoms with van der Waals surface area (Å²) in [6.45, 7) is 1.44. The molecule has 7 nitrogen and oxygen atoms in total. The van der Waals surface area contributed by atoms with Gasteiger partial charge in [-0.1, -0.05) is 12.1 Å². The van der Waals surface area contributed by atoms with Gasteiger partial charge in [-0.2, -0.15) is 0 Å². The molecule has 0 atom stereocenters. The quantitative estimate of drug-likeness (QED) is 0.601. The molecule has 1 saturated heterocycles. The standard InChI is InChI=1S/C19H20N6O/c1-23-11-8-21-18(23)19(26)6-9-24(10-7-19)17-16-12-20-13-25(16)15-5-3-2-4-14(15)22-17/h2-5,8,11-13,26H,6-7,9-10H2,1H3. The first-order chi connectivity index (χ1) is 12.7. The van der Waals surface area contributed by atoms with E-state index in [0.717, 1.165) is 41.3 Å². The normalized spacial score (nSPS) is 17.2. The molecule has 0 saturated carbocycles. The third-order valence-electron chi connectivity index (χ3n) is 5.36. The van der Waals surface area contributed by atoms with E-state index in [1.807, 2.05) is 48.5 Å². The van der Waals surface area contributed by atoms with Crippen molar-refractivity contribution in [1.29, 1.82) is 0 Å². The van der Waals surface area contributed by atoms with Crippen LogP contribution in [0.15, 0.2) is 49.2 Å². The van der Waals surface area contributed by atoms with Gasteiger partial charge in [0, 0.05) is 45.4 Å². The number of fused-ring (bicyclic) bond motifs is 3. The van der Waals surface area contributed by atoms with Crippen LogP contribution in [0.1, 0.15) is 18.7 Å². The molecular weight excluding hydrogens is 328 g/mol. The van der Waals surface area contributed by atoms with E-state index in [2.05, 4.69) is 25.3 Å². The largest absolute Gasteiger partial charge is 0.382 e. The summed E-state index contributed by atoms with van der Waals surface area (Å²) in [5, 5.41) is 11.1. The number of benzene rings is 1. The maximum atomic E-state index is 11.1. The summed E-state index contributed by atoms with van der Waals surface area (Å²) in [7, 11) is 1.92. The lowest BCUT2D eigenvalue weighted by atomic mass is 9.90. The maximum absolute atomic E-state index is 11.1. The Morgan fingerprint density at radius 1 is 1.12 bits per heavy atom. The molecule has 0 bridgehead atoms. The Morgan fingerprint density at radius 2 is 1.92 bits per heavy atom. The Morgan fingerprint density at radius 3 is 2.69 bits per heavy atom. The van der Waals surface area contributed by atoms with Gasteiger partial charge >= 0.3 is 0 Å². The molecule has 1 aromatic carbocycles. The van der Waals surface area contributed by atoms with Crippen LogP contribution < -0.4 is 4.90 Å². The number of rotatable bonds is 2. The average molecular weight is 348 g/mol. The van der Waals surface area contributed by atoms with Gasteiger partial charge in [0.05, 0.1) is 23.6 Å². The summed E-state index contributed by atoms with van der Waals surface area (Å²) in [6, 6.07) is 8.08. The van der Waals surface area contributed by atoms with Gasteiger partial charge in [-0.25, -0.2) is 15.0 Å². The Balaban J connectivity index is 1.52. The van der Waals surface area contributed by atoms with Crippen molar-refractivity contribution in [2.45, 2.75) is 18.4 Å². The lowest BCUT2D eigenvalue weighted by molar-refractivity contribution is 0.000712. The van der Waals surface area contributed by atoms with Gasteiger partial charge in [-0.05, 0) is 12.1 Å². The van der Waals surface area contributed by atoms with Crippen molar-refractivity contribution in [3.05, 3.63) is 55.0 Å². The minimum Gasteiger partial charge on any atom is -0.382 e. The number of aliphatic hydroxyl groups is 1. The van der Waals surface area contributed by atoms with Crippen molar-refractivity contribution in [3.63, 3.8) is 0 Å². The van der Waals surface area contributed by atoms with Crippen molar-refractivity contribution in [2.75, 3.05) is 18.0 Å². The molecule has 7 heteroatoms. The van der Waals surface area contributed by atoms with E-state index < -0.39 is 5.60 Å². The van der Waals surface area contributed by atoms with Crippen LogP contribution in [-0.4, -0.2) is 42.1 Å². The van der Waals surface area contributed by atoms with Gasteiger partial charge in [0.15, 0.2) is 5.82 Å². The third-order valence-corrected chi connectivity index (χ3v) is 5.36. The lowest BCUT2D eigenvalue weighted by Gasteiger charge is -2.38. The van der Waals surface area contributed by atoms with E-state index in [4.69, 9.17) is 4.98 Å². The van der Waals surface area contributed by atoms with Crippen LogP contribution in [0.25, 0.3) is 16.6 Å². The second-order valence-electron chi connectivity index (χ2n) is 6.95. The minimum absolute atomic E-state index is 0.618. The smallest absolute Gasteiger partial charge is 0.155 e. The van der Waals surface area contributed by atoms with E-state index in [-0.39, 0.29) is 0 Å². The number of piperidine rings is 1. The summed E-state index contributed by atoms with van der Waals surface area (Å²) in [4.78, 5) is 15.8. The van der Waals surface area contributed by atoms with E-state index in [9.17, 15) is 5.11 Å². The van der Waals surface area contributed by atoms with Gasteiger partial charge in [-0.15, -0.1) is 0 Å². The van der Waals surface area contributed by atoms with Gasteiger partial charge < -0.3 is 14.6 Å². The molecule has 4 aromatic rings. The lowest BCUT2D eigenvalue weighted by Crippen LogP contribution is -2.44. The second-order valence-corrected chi connectivity index (χ2v) is 6.95. The summed E-state index contributed by atoms with van der Waals surface area (Å²) in [5.74, 6) is 1.65. The summed E-state index contributed by atoms with van der Waals surface area (Å²) >= 11 is 0. The van der Waals surface area contributed by atoms with Gasteiger partial charge in [0.25, 0.3) is 0 Å². The zero-order valence-electron chi connectivity index (χ0n) is 14.6. The average Bonchev–Trinajstić information content (AvgIpc) is 3.31. The molecule has 0 spiro atoms. The molecule has 0 amide bonds. The monoisotopic (exact) mass is 348 g/mol. The number of anilines is 1. The van der Waals surface area contributed by atoms with Crippen LogP contribution in [-0.2, 0) is 12.6 Å². The van der Waals surface area contributed by atoms with E-state index in [1.165, 1.54) is 0 Å². The molecule has 1 fully saturated rings. The number of imidazole rings is 2. The molecule has 1 N–H and O–H groups in total. The van der Waals surface area contributed by atoms with Crippen molar-refractivity contribution in [2.24, 2.45) is 7.05 Å². The number of nitrogens with zero attached hydrogens (tertiary/aromatic N) is 6. The Kier molecular flexibility index (Phi) is 3.27. The van der Waals surface area contributed by atoms with Crippen molar-refractivity contribution in [1.82, 2.24) is 23.9 Å². The molecule has 4 heterocycles.